The molecule has 4 N–H and O–H groups in total. The number of thiophene rings is 1. The van der Waals surface area contributed by atoms with Gasteiger partial charge in [0.2, 0.25) is 0 Å². The first kappa shape index (κ1) is 38.6. The highest BCUT2D eigenvalue weighted by atomic mass is 32.1. The predicted octanol–water partition coefficient (Wildman–Crippen LogP) is 7.64. The number of anilines is 3. The zero-order valence-corrected chi connectivity index (χ0v) is 30.6. The molecule has 2 unspecified atom stereocenters. The third kappa shape index (κ3) is 6.90. The Morgan fingerprint density at radius 1 is 1.11 bits per heavy atom. The quantitative estimate of drug-likeness (QED) is 0.162. The third-order valence-corrected chi connectivity index (χ3v) is 11.3. The molecule has 19 heteroatoms. The Hall–Kier alpha value is -5.66. The Balaban J connectivity index is 0.000000339. The van der Waals surface area contributed by atoms with Crippen LogP contribution in [0.25, 0.3) is 32.1 Å². The number of methoxy groups -OCH3 is 1. The van der Waals surface area contributed by atoms with E-state index in [2.05, 4.69) is 19.9 Å². The van der Waals surface area contributed by atoms with Gasteiger partial charge >= 0.3 is 12.2 Å². The van der Waals surface area contributed by atoms with Crippen molar-refractivity contribution in [1.82, 2.24) is 19.9 Å². The molecule has 2 fully saturated rings. The molecule has 11 nitrogen and oxygen atoms in total. The number of benzene rings is 2. The summed E-state index contributed by atoms with van der Waals surface area (Å²) in [5.74, 6) is -5.75. The Morgan fingerprint density at radius 3 is 2.48 bits per heavy atom. The Morgan fingerprint density at radius 2 is 1.86 bits per heavy atom. The molecule has 2 aromatic carbocycles. The van der Waals surface area contributed by atoms with E-state index in [0.717, 1.165) is 25.1 Å². The van der Waals surface area contributed by atoms with Gasteiger partial charge in [0.15, 0.2) is 5.82 Å². The summed E-state index contributed by atoms with van der Waals surface area (Å²) in [6.45, 7) is 0.633. The van der Waals surface area contributed by atoms with Crippen LogP contribution in [-0.4, -0.2) is 65.7 Å². The SMILES string of the molecule is CN1CCCC1CC1CC1(F)F.COc1nc2c3c(c(C(F)(F)F)c(-c4ccc(F)c5sc(N)c(C#N)c45)c(F)c3n1)OCCN2Cc1cc(C#N)cnc1N. The fraction of sp³-hybridized carbons (Fsp3) is 0.378. The molecule has 2 atom stereocenters. The van der Waals surface area contributed by atoms with Gasteiger partial charge in [0.05, 0.1) is 34.9 Å². The van der Waals surface area contributed by atoms with Crippen LogP contribution in [0.5, 0.6) is 11.8 Å². The van der Waals surface area contributed by atoms with Crippen molar-refractivity contribution in [3.8, 4) is 35.0 Å². The minimum atomic E-state index is -5.21. The number of hydrogen-bond donors (Lipinski definition) is 2. The maximum atomic E-state index is 16.7. The van der Waals surface area contributed by atoms with Gasteiger partial charge in [-0.1, -0.05) is 6.07 Å². The number of hydrogen-bond acceptors (Lipinski definition) is 12. The van der Waals surface area contributed by atoms with E-state index in [-0.39, 0.29) is 75.9 Å². The lowest BCUT2D eigenvalue weighted by molar-refractivity contribution is -0.138. The molecule has 56 heavy (non-hydrogen) atoms. The number of alkyl halides is 5. The van der Waals surface area contributed by atoms with Crippen molar-refractivity contribution in [3.63, 3.8) is 0 Å². The number of nitrogen functional groups attached to an aromatic ring is 2. The van der Waals surface area contributed by atoms with E-state index in [4.69, 9.17) is 20.9 Å². The lowest BCUT2D eigenvalue weighted by atomic mass is 9.91. The van der Waals surface area contributed by atoms with Gasteiger partial charge in [0.1, 0.15) is 58.0 Å². The average molecular weight is 800 g/mol. The van der Waals surface area contributed by atoms with E-state index >= 15 is 17.6 Å². The van der Waals surface area contributed by atoms with Crippen molar-refractivity contribution in [2.45, 2.75) is 50.4 Å². The molecule has 1 saturated heterocycles. The van der Waals surface area contributed by atoms with Gasteiger partial charge in [-0.2, -0.15) is 33.7 Å². The van der Waals surface area contributed by atoms with Crippen molar-refractivity contribution >= 4 is 49.0 Å². The predicted molar refractivity (Wildman–Crippen MR) is 194 cm³/mol. The second kappa shape index (κ2) is 14.4. The van der Waals surface area contributed by atoms with Gasteiger partial charge < -0.3 is 30.7 Å². The lowest BCUT2D eigenvalue weighted by Crippen LogP contribution is -2.28. The number of nitrogens with two attached hydrogens (primary N) is 2. The number of halogens is 7. The molecule has 1 saturated carbocycles. The Bertz CT molecular complexity index is 2460. The summed E-state index contributed by atoms with van der Waals surface area (Å²) < 4.78 is 112. The Kier molecular flexibility index (Phi) is 9.96. The number of fused-ring (bicyclic) bond motifs is 1. The number of aromatic nitrogens is 3. The second-order valence-corrected chi connectivity index (χ2v) is 14.8. The summed E-state index contributed by atoms with van der Waals surface area (Å²) in [4.78, 5) is 16.0. The molecule has 5 heterocycles. The number of rotatable bonds is 6. The van der Waals surface area contributed by atoms with Crippen LogP contribution in [0.2, 0.25) is 0 Å². The minimum Gasteiger partial charge on any atom is -0.490 e. The molecular weight excluding hydrogens is 768 g/mol. The van der Waals surface area contributed by atoms with E-state index in [1.54, 1.807) is 6.07 Å². The van der Waals surface area contributed by atoms with Crippen molar-refractivity contribution < 1.29 is 40.2 Å². The first-order valence-electron chi connectivity index (χ1n) is 17.3. The number of nitriles is 2. The smallest absolute Gasteiger partial charge is 0.420 e. The Labute approximate surface area is 318 Å². The van der Waals surface area contributed by atoms with E-state index in [1.807, 2.05) is 13.1 Å². The van der Waals surface area contributed by atoms with Gasteiger partial charge in [0.25, 0.3) is 5.92 Å². The molecule has 0 spiro atoms. The summed E-state index contributed by atoms with van der Waals surface area (Å²) in [6.07, 6.45) is -0.802. The van der Waals surface area contributed by atoms with E-state index in [0.29, 0.717) is 29.4 Å². The zero-order valence-electron chi connectivity index (χ0n) is 29.8. The van der Waals surface area contributed by atoms with Crippen LogP contribution in [0.1, 0.15) is 47.9 Å². The van der Waals surface area contributed by atoms with Gasteiger partial charge in [-0.15, -0.1) is 11.3 Å². The number of likely N-dealkylation sites (tertiary alicyclic amines) is 1. The summed E-state index contributed by atoms with van der Waals surface area (Å²) in [5.41, 5.74) is 8.66. The molecule has 2 aliphatic heterocycles. The minimum absolute atomic E-state index is 0.0468. The summed E-state index contributed by atoms with van der Waals surface area (Å²) in [6, 6.07) is 7.09. The van der Waals surface area contributed by atoms with Crippen LogP contribution in [0, 0.1) is 40.2 Å². The van der Waals surface area contributed by atoms with Crippen LogP contribution < -0.4 is 25.8 Å². The summed E-state index contributed by atoms with van der Waals surface area (Å²) >= 11 is 0.657. The fourth-order valence-electron chi connectivity index (χ4n) is 7.32. The van der Waals surface area contributed by atoms with Crippen LogP contribution in [-0.2, 0) is 12.7 Å². The molecule has 3 aromatic heterocycles. The molecule has 292 valence electrons. The molecule has 0 amide bonds. The van der Waals surface area contributed by atoms with Crippen LogP contribution in [0.4, 0.5) is 47.4 Å². The molecule has 5 aromatic rings. The van der Waals surface area contributed by atoms with Crippen molar-refractivity contribution in [3.05, 3.63) is 58.3 Å². The molecule has 8 rings (SSSR count). The molecule has 0 bridgehead atoms. The fourth-order valence-corrected chi connectivity index (χ4v) is 8.27. The summed E-state index contributed by atoms with van der Waals surface area (Å²) in [7, 11) is 3.24. The molecule has 0 radical (unpaired) electrons. The van der Waals surface area contributed by atoms with Crippen LogP contribution in [0.15, 0.2) is 24.4 Å². The molecule has 3 aliphatic rings. The van der Waals surface area contributed by atoms with Crippen molar-refractivity contribution in [2.24, 2.45) is 5.92 Å². The number of ether oxygens (including phenoxy) is 2. The highest BCUT2D eigenvalue weighted by molar-refractivity contribution is 7.23. The highest BCUT2D eigenvalue weighted by Crippen LogP contribution is 2.54. The standard InChI is InChI=1S/C28H17F5N8O2S.C9H15F2N/c1-42-27-39-21-18-22(43-5-4-41(26(18)40-27)10-12-6-11(7-34)9-38-24(12)36)19(28(31,32)33)17(20(21)30)13-2-3-15(29)23-16(13)14(8-35)25(37)44-23;1-12-4-2-3-8(12)5-7-6-9(7,10)11/h2-3,6,9H,4-5,10,37H2,1H3,(H2,36,38);7-8H,2-6H2,1H3. The zero-order chi connectivity index (χ0) is 40.3. The van der Waals surface area contributed by atoms with Gasteiger partial charge in [-0.3, -0.25) is 0 Å². The first-order chi connectivity index (χ1) is 26.6. The molecular formula is C37H32F7N9O2S. The van der Waals surface area contributed by atoms with Crippen LogP contribution in [0.3, 0.4) is 0 Å². The number of pyridine rings is 1. The van der Waals surface area contributed by atoms with Crippen LogP contribution >= 0.6 is 11.3 Å². The van der Waals surface area contributed by atoms with Crippen molar-refractivity contribution in [1.29, 1.82) is 10.5 Å². The first-order valence-corrected chi connectivity index (χ1v) is 18.1. The maximum absolute atomic E-state index is 16.7. The lowest BCUT2D eigenvalue weighted by Gasteiger charge is -2.24. The third-order valence-electron chi connectivity index (χ3n) is 10.2. The highest BCUT2D eigenvalue weighted by Gasteiger charge is 2.57. The number of nitrogens with zero attached hydrogens (tertiary/aromatic N) is 7. The average Bonchev–Trinajstić information content (AvgIpc) is 3.41. The molecule has 1 aliphatic carbocycles. The van der Waals surface area contributed by atoms with Gasteiger partial charge in [-0.25, -0.2) is 22.5 Å². The second-order valence-electron chi connectivity index (χ2n) is 13.7. The summed E-state index contributed by atoms with van der Waals surface area (Å²) in [5, 5.41) is 18.2. The van der Waals surface area contributed by atoms with Gasteiger partial charge in [0, 0.05) is 47.6 Å². The van der Waals surface area contributed by atoms with Gasteiger partial charge in [-0.05, 0) is 50.6 Å². The van der Waals surface area contributed by atoms with E-state index in [9.17, 15) is 23.7 Å². The van der Waals surface area contributed by atoms with Crippen molar-refractivity contribution in [2.75, 3.05) is 50.2 Å². The topological polar surface area (TPSA) is 163 Å². The maximum Gasteiger partial charge on any atom is 0.420 e. The normalized spacial score (nSPS) is 18.8. The monoisotopic (exact) mass is 799 g/mol. The van der Waals surface area contributed by atoms with E-state index < -0.39 is 57.1 Å². The largest absolute Gasteiger partial charge is 0.490 e. The van der Waals surface area contributed by atoms with E-state index in [1.165, 1.54) is 30.7 Å².